The maximum absolute atomic E-state index is 12.7. The number of benzene rings is 1. The van der Waals surface area contributed by atoms with Gasteiger partial charge in [-0.2, -0.15) is 0 Å². The molecule has 2 aliphatic heterocycles. The van der Waals surface area contributed by atoms with E-state index in [1.807, 2.05) is 12.1 Å². The molecule has 5 rings (SSSR count). The fraction of sp³-hybridized carbons (Fsp3) is 0.158. The van der Waals surface area contributed by atoms with Crippen LogP contribution in [-0.4, -0.2) is 42.1 Å². The molecule has 1 fully saturated rings. The standard InChI is InChI=1S/C19H13N5O5S2/c1-22-14-7-12(31-16(14)20-21-22)6-13-17(25)23-15(9-30-18(13)23)19(26)29-8-10-2-4-11(5-3-10)24(27)28/h2-7,9,18H,8H2,1H3/b13-6-. The number of nitrogens with zero attached hydrogens (tertiary/aromatic N) is 5. The molecular formula is C19H13N5O5S2. The first-order chi connectivity index (χ1) is 14.9. The summed E-state index contributed by atoms with van der Waals surface area (Å²) in [6.07, 6.45) is 1.82. The molecule has 12 heteroatoms. The number of nitro benzene ring substituents is 1. The Labute approximate surface area is 182 Å². The second-order valence-electron chi connectivity index (χ2n) is 6.82. The van der Waals surface area contributed by atoms with E-state index in [2.05, 4.69) is 10.3 Å². The van der Waals surface area contributed by atoms with Crippen molar-refractivity contribution in [1.29, 1.82) is 0 Å². The number of aromatic nitrogens is 3. The smallest absolute Gasteiger partial charge is 0.355 e. The van der Waals surface area contributed by atoms with Gasteiger partial charge in [0.15, 0.2) is 4.83 Å². The molecule has 0 saturated carbocycles. The molecule has 156 valence electrons. The van der Waals surface area contributed by atoms with Gasteiger partial charge in [-0.15, -0.1) is 28.2 Å². The summed E-state index contributed by atoms with van der Waals surface area (Å²) < 4.78 is 6.96. The SMILES string of the molecule is Cn1nnc2sc(/C=C3/C(=O)N4C(C(=O)OCc5ccc([N+](=O)[O-])cc5)=CSC34)cc21. The van der Waals surface area contributed by atoms with Crippen molar-refractivity contribution in [2.24, 2.45) is 7.05 Å². The lowest BCUT2D eigenvalue weighted by Crippen LogP contribution is -2.51. The van der Waals surface area contributed by atoms with Gasteiger partial charge in [0, 0.05) is 29.5 Å². The lowest BCUT2D eigenvalue weighted by atomic mass is 10.0. The van der Waals surface area contributed by atoms with E-state index < -0.39 is 10.9 Å². The van der Waals surface area contributed by atoms with E-state index in [1.165, 1.54) is 52.3 Å². The lowest BCUT2D eigenvalue weighted by molar-refractivity contribution is -0.384. The van der Waals surface area contributed by atoms with E-state index in [0.717, 1.165) is 15.2 Å². The van der Waals surface area contributed by atoms with E-state index >= 15 is 0 Å². The molecule has 1 unspecified atom stereocenters. The summed E-state index contributed by atoms with van der Waals surface area (Å²) in [5.74, 6) is -0.852. The zero-order valence-corrected chi connectivity index (χ0v) is 17.6. The van der Waals surface area contributed by atoms with Gasteiger partial charge >= 0.3 is 5.97 Å². The number of nitro groups is 1. The average Bonchev–Trinajstić information content (AvgIpc) is 3.44. The van der Waals surface area contributed by atoms with Crippen LogP contribution >= 0.6 is 23.1 Å². The van der Waals surface area contributed by atoms with Gasteiger partial charge in [-0.25, -0.2) is 9.48 Å². The predicted molar refractivity (Wildman–Crippen MR) is 114 cm³/mol. The van der Waals surface area contributed by atoms with Crippen LogP contribution in [0.2, 0.25) is 0 Å². The lowest BCUT2D eigenvalue weighted by Gasteiger charge is -2.37. The van der Waals surface area contributed by atoms with Crippen molar-refractivity contribution >= 4 is 57.1 Å². The molecule has 1 atom stereocenters. The van der Waals surface area contributed by atoms with Crippen LogP contribution in [-0.2, 0) is 28.0 Å². The molecule has 1 amide bonds. The molecule has 1 aromatic carbocycles. The number of hydrogen-bond donors (Lipinski definition) is 0. The number of ether oxygens (including phenoxy) is 1. The summed E-state index contributed by atoms with van der Waals surface area (Å²) in [6.45, 7) is -0.0446. The monoisotopic (exact) mass is 455 g/mol. The van der Waals surface area contributed by atoms with Gasteiger partial charge in [0.2, 0.25) is 0 Å². The van der Waals surface area contributed by atoms with E-state index in [-0.39, 0.29) is 29.3 Å². The minimum Gasteiger partial charge on any atom is -0.456 e. The molecule has 4 heterocycles. The highest BCUT2D eigenvalue weighted by atomic mass is 32.2. The van der Waals surface area contributed by atoms with Crippen LogP contribution in [0, 0.1) is 10.1 Å². The maximum Gasteiger partial charge on any atom is 0.355 e. The molecule has 2 aromatic heterocycles. The fourth-order valence-corrected chi connectivity index (χ4v) is 5.34. The summed E-state index contributed by atoms with van der Waals surface area (Å²) in [7, 11) is 1.81. The summed E-state index contributed by atoms with van der Waals surface area (Å²) in [5, 5.41) is 20.1. The van der Waals surface area contributed by atoms with Gasteiger partial charge in [-0.3, -0.25) is 19.8 Å². The number of thioether (sulfide) groups is 1. The predicted octanol–water partition coefficient (Wildman–Crippen LogP) is 2.82. The number of esters is 1. The van der Waals surface area contributed by atoms with Crippen LogP contribution < -0.4 is 0 Å². The number of fused-ring (bicyclic) bond motifs is 2. The van der Waals surface area contributed by atoms with Crippen molar-refractivity contribution < 1.29 is 19.2 Å². The fourth-order valence-electron chi connectivity index (χ4n) is 3.27. The van der Waals surface area contributed by atoms with Crippen molar-refractivity contribution in [3.8, 4) is 0 Å². The molecule has 3 aromatic rings. The number of hydrogen-bond acceptors (Lipinski definition) is 9. The molecule has 1 saturated heterocycles. The van der Waals surface area contributed by atoms with E-state index in [9.17, 15) is 19.7 Å². The zero-order valence-electron chi connectivity index (χ0n) is 15.9. The molecular weight excluding hydrogens is 442 g/mol. The summed E-state index contributed by atoms with van der Waals surface area (Å²) in [6, 6.07) is 7.67. The van der Waals surface area contributed by atoms with E-state index in [4.69, 9.17) is 4.74 Å². The van der Waals surface area contributed by atoms with Crippen molar-refractivity contribution in [1.82, 2.24) is 19.9 Å². The topological polar surface area (TPSA) is 120 Å². The molecule has 0 aliphatic carbocycles. The van der Waals surface area contributed by atoms with E-state index in [0.29, 0.717) is 11.1 Å². The summed E-state index contributed by atoms with van der Waals surface area (Å²) >= 11 is 2.81. The quantitative estimate of drug-likeness (QED) is 0.189. The number of amides is 1. The Hall–Kier alpha value is -3.51. The van der Waals surface area contributed by atoms with Crippen molar-refractivity contribution in [3.63, 3.8) is 0 Å². The molecule has 0 spiro atoms. The molecule has 31 heavy (non-hydrogen) atoms. The zero-order chi connectivity index (χ0) is 21.7. The van der Waals surface area contributed by atoms with Crippen molar-refractivity contribution in [2.45, 2.75) is 12.0 Å². The minimum atomic E-state index is -0.613. The molecule has 10 nitrogen and oxygen atoms in total. The van der Waals surface area contributed by atoms with Crippen molar-refractivity contribution in [3.05, 3.63) is 67.6 Å². The highest BCUT2D eigenvalue weighted by molar-refractivity contribution is 8.03. The molecule has 0 bridgehead atoms. The Morgan fingerprint density at radius 2 is 2.13 bits per heavy atom. The van der Waals surface area contributed by atoms with Crippen LogP contribution in [0.4, 0.5) is 5.69 Å². The number of thiophene rings is 1. The van der Waals surface area contributed by atoms with Crippen LogP contribution in [0.3, 0.4) is 0 Å². The number of rotatable bonds is 5. The number of non-ortho nitro benzene ring substituents is 1. The third-order valence-electron chi connectivity index (χ3n) is 4.89. The van der Waals surface area contributed by atoms with Gasteiger partial charge in [0.25, 0.3) is 11.6 Å². The largest absolute Gasteiger partial charge is 0.456 e. The average molecular weight is 455 g/mol. The second-order valence-corrected chi connectivity index (χ2v) is 8.83. The Morgan fingerprint density at radius 1 is 1.35 bits per heavy atom. The maximum atomic E-state index is 12.7. The Kier molecular flexibility index (Phi) is 4.59. The highest BCUT2D eigenvalue weighted by Crippen LogP contribution is 2.46. The summed E-state index contributed by atoms with van der Waals surface area (Å²) in [5.41, 5.74) is 2.28. The first kappa shape index (κ1) is 19.5. The number of β-lactam (4-membered cyclic amide) rings is 1. The third-order valence-corrected chi connectivity index (χ3v) is 6.93. The minimum absolute atomic E-state index is 0.0380. The number of aryl methyl sites for hydroxylation is 1. The second kappa shape index (κ2) is 7.32. The molecule has 0 radical (unpaired) electrons. The van der Waals surface area contributed by atoms with Gasteiger partial charge in [0.1, 0.15) is 23.2 Å². The first-order valence-electron chi connectivity index (χ1n) is 9.03. The van der Waals surface area contributed by atoms with Gasteiger partial charge in [-0.1, -0.05) is 5.21 Å². The van der Waals surface area contributed by atoms with Crippen LogP contribution in [0.5, 0.6) is 0 Å². The van der Waals surface area contributed by atoms with Gasteiger partial charge in [0.05, 0.1) is 10.5 Å². The van der Waals surface area contributed by atoms with E-state index in [1.54, 1.807) is 17.1 Å². The van der Waals surface area contributed by atoms with Gasteiger partial charge in [-0.05, 0) is 29.8 Å². The van der Waals surface area contributed by atoms with Gasteiger partial charge < -0.3 is 4.74 Å². The first-order valence-corrected chi connectivity index (χ1v) is 10.8. The Morgan fingerprint density at radius 3 is 2.84 bits per heavy atom. The normalized spacial score (nSPS) is 18.8. The summed E-state index contributed by atoms with van der Waals surface area (Å²) in [4.78, 5) is 38.5. The highest BCUT2D eigenvalue weighted by Gasteiger charge is 2.49. The molecule has 0 N–H and O–H groups in total. The van der Waals surface area contributed by atoms with Crippen LogP contribution in [0.1, 0.15) is 10.4 Å². The Bertz CT molecular complexity index is 1310. The number of carbonyl (C=O) groups is 2. The van der Waals surface area contributed by atoms with Crippen LogP contribution in [0.15, 0.2) is 47.0 Å². The number of carbonyl (C=O) groups excluding carboxylic acids is 2. The molecule has 2 aliphatic rings. The van der Waals surface area contributed by atoms with Crippen molar-refractivity contribution in [2.75, 3.05) is 0 Å². The third kappa shape index (κ3) is 3.29. The van der Waals surface area contributed by atoms with Crippen LogP contribution in [0.25, 0.3) is 16.4 Å². The Balaban J connectivity index is 1.24.